The number of ether oxygens (including phenoxy) is 1. The van der Waals surface area contributed by atoms with Crippen LogP contribution in [0.1, 0.15) is 15.9 Å². The summed E-state index contributed by atoms with van der Waals surface area (Å²) in [7, 11) is 1.55. The van der Waals surface area contributed by atoms with Crippen molar-refractivity contribution in [1.29, 1.82) is 0 Å². The predicted octanol–water partition coefficient (Wildman–Crippen LogP) is 0.996. The maximum absolute atomic E-state index is 12.2. The van der Waals surface area contributed by atoms with Crippen LogP contribution in [-0.4, -0.2) is 38.2 Å². The summed E-state index contributed by atoms with van der Waals surface area (Å²) < 4.78 is 6.67. The molecular weight excluding hydrogens is 296 g/mol. The number of carbonyl (C=O) groups is 1. The lowest BCUT2D eigenvalue weighted by molar-refractivity contribution is 0.0950. The lowest BCUT2D eigenvalue weighted by Gasteiger charge is -2.09. The molecule has 0 saturated heterocycles. The Morgan fingerprint density at radius 3 is 2.78 bits per heavy atom. The molecule has 0 fully saturated rings. The third kappa shape index (κ3) is 3.31. The van der Waals surface area contributed by atoms with Gasteiger partial charge in [0.05, 0.1) is 12.8 Å². The number of hydrogen-bond donors (Lipinski definition) is 1. The van der Waals surface area contributed by atoms with Gasteiger partial charge in [0, 0.05) is 23.9 Å². The predicted molar refractivity (Wildman–Crippen MR) is 81.1 cm³/mol. The Hall–Kier alpha value is -3.29. The lowest BCUT2D eigenvalue weighted by atomic mass is 10.2. The molecule has 1 N–H and O–H groups in total. The molecule has 0 aliphatic rings. The average Bonchev–Trinajstić information content (AvgIpc) is 3.14. The molecule has 8 nitrogen and oxygen atoms in total. The SMILES string of the molecule is COc1ncccc1CNC(=O)c1ccc(-n2cnnn2)cc1. The van der Waals surface area contributed by atoms with E-state index in [2.05, 4.69) is 25.8 Å². The second kappa shape index (κ2) is 6.65. The molecule has 2 aromatic heterocycles. The third-order valence-electron chi connectivity index (χ3n) is 3.23. The van der Waals surface area contributed by atoms with Crippen LogP contribution >= 0.6 is 0 Å². The molecule has 116 valence electrons. The van der Waals surface area contributed by atoms with Gasteiger partial charge < -0.3 is 10.1 Å². The number of aromatic nitrogens is 5. The molecule has 2 heterocycles. The van der Waals surface area contributed by atoms with Gasteiger partial charge in [-0.15, -0.1) is 5.10 Å². The zero-order valence-electron chi connectivity index (χ0n) is 12.4. The quantitative estimate of drug-likeness (QED) is 0.755. The number of hydrogen-bond acceptors (Lipinski definition) is 6. The highest BCUT2D eigenvalue weighted by Gasteiger charge is 2.08. The fourth-order valence-electron chi connectivity index (χ4n) is 2.07. The monoisotopic (exact) mass is 310 g/mol. The van der Waals surface area contributed by atoms with E-state index in [9.17, 15) is 4.79 Å². The topological polar surface area (TPSA) is 94.8 Å². The molecule has 0 spiro atoms. The number of tetrazole rings is 1. The second-order valence-electron chi connectivity index (χ2n) is 4.66. The standard InChI is InChI=1S/C15H14N6O2/c1-23-15-12(3-2-8-16-15)9-17-14(22)11-4-6-13(7-5-11)21-10-18-19-20-21/h2-8,10H,9H2,1H3,(H,17,22). The zero-order valence-corrected chi connectivity index (χ0v) is 12.4. The van der Waals surface area contributed by atoms with E-state index >= 15 is 0 Å². The number of nitrogens with zero attached hydrogens (tertiary/aromatic N) is 5. The highest BCUT2D eigenvalue weighted by Crippen LogP contribution is 2.13. The molecule has 0 saturated carbocycles. The first kappa shape index (κ1) is 14.6. The van der Waals surface area contributed by atoms with Crippen molar-refractivity contribution in [3.63, 3.8) is 0 Å². The molecule has 3 rings (SSSR count). The summed E-state index contributed by atoms with van der Waals surface area (Å²) in [6, 6.07) is 10.6. The number of benzene rings is 1. The molecule has 0 unspecified atom stereocenters. The highest BCUT2D eigenvalue weighted by molar-refractivity contribution is 5.94. The minimum absolute atomic E-state index is 0.181. The summed E-state index contributed by atoms with van der Waals surface area (Å²) in [5.41, 5.74) is 2.14. The van der Waals surface area contributed by atoms with Crippen molar-refractivity contribution in [3.8, 4) is 11.6 Å². The van der Waals surface area contributed by atoms with E-state index in [0.29, 0.717) is 18.0 Å². The fraction of sp³-hybridized carbons (Fsp3) is 0.133. The number of carbonyl (C=O) groups excluding carboxylic acids is 1. The van der Waals surface area contributed by atoms with Crippen LogP contribution in [0.15, 0.2) is 48.9 Å². The molecule has 0 atom stereocenters. The number of amides is 1. The molecule has 0 aliphatic carbocycles. The molecular formula is C15H14N6O2. The Morgan fingerprint density at radius 1 is 1.26 bits per heavy atom. The third-order valence-corrected chi connectivity index (χ3v) is 3.23. The molecule has 0 aliphatic heterocycles. The van der Waals surface area contributed by atoms with Crippen LogP contribution in [0.25, 0.3) is 5.69 Å². The minimum Gasteiger partial charge on any atom is -0.481 e. The van der Waals surface area contributed by atoms with Gasteiger partial charge in [0.2, 0.25) is 5.88 Å². The summed E-state index contributed by atoms with van der Waals surface area (Å²) in [5, 5.41) is 13.8. The number of pyridine rings is 1. The van der Waals surface area contributed by atoms with Gasteiger partial charge >= 0.3 is 0 Å². The normalized spacial score (nSPS) is 10.3. The van der Waals surface area contributed by atoms with Gasteiger partial charge in [-0.1, -0.05) is 6.07 Å². The maximum Gasteiger partial charge on any atom is 0.251 e. The number of rotatable bonds is 5. The molecule has 23 heavy (non-hydrogen) atoms. The van der Waals surface area contributed by atoms with Gasteiger partial charge in [-0.3, -0.25) is 4.79 Å². The van der Waals surface area contributed by atoms with Crippen LogP contribution < -0.4 is 10.1 Å². The Balaban J connectivity index is 1.66. The van der Waals surface area contributed by atoms with Crippen LogP contribution in [0.2, 0.25) is 0 Å². The summed E-state index contributed by atoms with van der Waals surface area (Å²) in [6.07, 6.45) is 3.13. The number of methoxy groups -OCH3 is 1. The van der Waals surface area contributed by atoms with Crippen molar-refractivity contribution in [2.45, 2.75) is 6.54 Å². The summed E-state index contributed by atoms with van der Waals surface area (Å²) in [5.74, 6) is 0.320. The largest absolute Gasteiger partial charge is 0.481 e. The van der Waals surface area contributed by atoms with Crippen LogP contribution in [0.3, 0.4) is 0 Å². The molecule has 1 amide bonds. The fourth-order valence-corrected chi connectivity index (χ4v) is 2.07. The maximum atomic E-state index is 12.2. The van der Waals surface area contributed by atoms with E-state index in [1.807, 2.05) is 6.07 Å². The van der Waals surface area contributed by atoms with E-state index < -0.39 is 0 Å². The van der Waals surface area contributed by atoms with E-state index in [1.165, 1.54) is 11.0 Å². The van der Waals surface area contributed by atoms with Crippen LogP contribution in [0.4, 0.5) is 0 Å². The average molecular weight is 310 g/mol. The van der Waals surface area contributed by atoms with Crippen molar-refractivity contribution >= 4 is 5.91 Å². The Bertz CT molecular complexity index is 786. The van der Waals surface area contributed by atoms with E-state index in [0.717, 1.165) is 11.3 Å². The van der Waals surface area contributed by atoms with Gasteiger partial charge in [-0.2, -0.15) is 0 Å². The lowest BCUT2D eigenvalue weighted by Crippen LogP contribution is -2.23. The molecule has 0 bridgehead atoms. The zero-order chi connectivity index (χ0) is 16.1. The van der Waals surface area contributed by atoms with E-state index in [4.69, 9.17) is 4.74 Å². The Labute approximate surface area is 132 Å². The van der Waals surface area contributed by atoms with Crippen molar-refractivity contribution in [3.05, 3.63) is 60.0 Å². The van der Waals surface area contributed by atoms with Gasteiger partial charge in [0.15, 0.2) is 0 Å². The molecule has 1 aromatic carbocycles. The first-order valence-electron chi connectivity index (χ1n) is 6.87. The Kier molecular flexibility index (Phi) is 4.23. The van der Waals surface area contributed by atoms with Gasteiger partial charge in [0.1, 0.15) is 6.33 Å². The van der Waals surface area contributed by atoms with Crippen LogP contribution in [-0.2, 0) is 6.54 Å². The first-order valence-corrected chi connectivity index (χ1v) is 6.87. The number of nitrogens with one attached hydrogen (secondary N) is 1. The van der Waals surface area contributed by atoms with Crippen molar-refractivity contribution < 1.29 is 9.53 Å². The van der Waals surface area contributed by atoms with Crippen LogP contribution in [0.5, 0.6) is 5.88 Å². The van der Waals surface area contributed by atoms with E-state index in [1.54, 1.807) is 43.6 Å². The van der Waals surface area contributed by atoms with Crippen molar-refractivity contribution in [2.75, 3.05) is 7.11 Å². The summed E-state index contributed by atoms with van der Waals surface area (Å²) in [6.45, 7) is 0.338. The molecule has 8 heteroatoms. The molecule has 0 radical (unpaired) electrons. The summed E-state index contributed by atoms with van der Waals surface area (Å²) in [4.78, 5) is 16.3. The van der Waals surface area contributed by atoms with Crippen LogP contribution in [0, 0.1) is 0 Å². The second-order valence-corrected chi connectivity index (χ2v) is 4.66. The smallest absolute Gasteiger partial charge is 0.251 e. The van der Waals surface area contributed by atoms with E-state index in [-0.39, 0.29) is 5.91 Å². The first-order chi connectivity index (χ1) is 11.3. The van der Waals surface area contributed by atoms with Gasteiger partial charge in [0.25, 0.3) is 5.91 Å². The van der Waals surface area contributed by atoms with Gasteiger partial charge in [-0.25, -0.2) is 9.67 Å². The minimum atomic E-state index is -0.181. The van der Waals surface area contributed by atoms with Crippen molar-refractivity contribution in [2.24, 2.45) is 0 Å². The van der Waals surface area contributed by atoms with Gasteiger partial charge in [-0.05, 0) is 40.8 Å². The van der Waals surface area contributed by atoms with Crippen molar-refractivity contribution in [1.82, 2.24) is 30.5 Å². The summed E-state index contributed by atoms with van der Waals surface area (Å²) >= 11 is 0. The molecule has 3 aromatic rings. The Morgan fingerprint density at radius 2 is 2.09 bits per heavy atom. The highest BCUT2D eigenvalue weighted by atomic mass is 16.5.